The van der Waals surface area contributed by atoms with Crippen LogP contribution >= 0.6 is 0 Å². The molecule has 4 aromatic carbocycles. The molecule has 2 aliphatic rings. The van der Waals surface area contributed by atoms with E-state index in [2.05, 4.69) is 47.0 Å². The molecule has 2 fully saturated rings. The van der Waals surface area contributed by atoms with Crippen molar-refractivity contribution in [1.29, 1.82) is 0 Å². The molecule has 2 N–H and O–H groups in total. The predicted molar refractivity (Wildman–Crippen MR) is 153 cm³/mol. The van der Waals surface area contributed by atoms with E-state index < -0.39 is 0 Å². The molecule has 0 heterocycles. The van der Waals surface area contributed by atoms with Gasteiger partial charge in [-0.15, -0.1) is 0 Å². The van der Waals surface area contributed by atoms with E-state index in [1.54, 1.807) is 0 Å². The van der Waals surface area contributed by atoms with Crippen molar-refractivity contribution in [1.82, 2.24) is 0 Å². The number of benzene rings is 4. The van der Waals surface area contributed by atoms with Gasteiger partial charge in [-0.25, -0.2) is 0 Å². The molecular formula is C34H32N2O2. The monoisotopic (exact) mass is 500 g/mol. The summed E-state index contributed by atoms with van der Waals surface area (Å²) >= 11 is 0. The number of aryl methyl sites for hydroxylation is 2. The molecule has 4 aromatic rings. The summed E-state index contributed by atoms with van der Waals surface area (Å²) in [6.07, 6.45) is 1.81. The van der Waals surface area contributed by atoms with Crippen molar-refractivity contribution < 1.29 is 9.59 Å². The van der Waals surface area contributed by atoms with E-state index in [0.29, 0.717) is 11.8 Å². The summed E-state index contributed by atoms with van der Waals surface area (Å²) in [6.45, 7) is 4.06. The van der Waals surface area contributed by atoms with Gasteiger partial charge in [0.25, 0.3) is 0 Å². The molecule has 2 aliphatic carbocycles. The van der Waals surface area contributed by atoms with Crippen LogP contribution in [0.15, 0.2) is 97.1 Å². The van der Waals surface area contributed by atoms with E-state index >= 15 is 0 Å². The van der Waals surface area contributed by atoms with Crippen LogP contribution in [0.1, 0.15) is 46.9 Å². The molecular weight excluding hydrogens is 468 g/mol. The van der Waals surface area contributed by atoms with Crippen LogP contribution in [0.2, 0.25) is 0 Å². The summed E-state index contributed by atoms with van der Waals surface area (Å²) < 4.78 is 0. The van der Waals surface area contributed by atoms with Crippen LogP contribution in [0, 0.1) is 25.7 Å². The first-order chi connectivity index (χ1) is 18.5. The minimum atomic E-state index is 0.0421. The van der Waals surface area contributed by atoms with Gasteiger partial charge in [-0.3, -0.25) is 9.59 Å². The van der Waals surface area contributed by atoms with Crippen LogP contribution in [-0.4, -0.2) is 11.8 Å². The fraction of sp³-hybridized carbons (Fsp3) is 0.235. The summed E-state index contributed by atoms with van der Waals surface area (Å²) in [4.78, 5) is 25.7. The van der Waals surface area contributed by atoms with Gasteiger partial charge in [0.1, 0.15) is 0 Å². The molecule has 0 radical (unpaired) electrons. The molecule has 0 saturated heterocycles. The predicted octanol–water partition coefficient (Wildman–Crippen LogP) is 7.45. The third kappa shape index (κ3) is 4.99. The Kier molecular flexibility index (Phi) is 6.32. The van der Waals surface area contributed by atoms with Crippen LogP contribution in [0.25, 0.3) is 11.1 Å². The lowest BCUT2D eigenvalue weighted by molar-refractivity contribution is -0.118. The van der Waals surface area contributed by atoms with Crippen LogP contribution in [0.4, 0.5) is 11.4 Å². The van der Waals surface area contributed by atoms with Gasteiger partial charge >= 0.3 is 0 Å². The maximum atomic E-state index is 12.8. The molecule has 4 nitrogen and oxygen atoms in total. The summed E-state index contributed by atoms with van der Waals surface area (Å²) in [5.74, 6) is 0.913. The van der Waals surface area contributed by atoms with Gasteiger partial charge in [-0.2, -0.15) is 0 Å². The van der Waals surface area contributed by atoms with Gasteiger partial charge in [-0.05, 0) is 96.2 Å². The van der Waals surface area contributed by atoms with E-state index in [1.807, 2.05) is 74.5 Å². The Labute approximate surface area is 224 Å². The summed E-state index contributed by atoms with van der Waals surface area (Å²) in [5, 5.41) is 6.28. The maximum absolute atomic E-state index is 12.8. The third-order valence-electron chi connectivity index (χ3n) is 8.01. The van der Waals surface area contributed by atoms with Crippen molar-refractivity contribution in [3.63, 3.8) is 0 Å². The Balaban J connectivity index is 1.08. The standard InChI is InChI=1S/C34H32N2O2/c1-21-17-25(13-15-31(21)35-33(37)29-19-27(29)23-9-5-3-6-10-23)26-14-16-32(22(2)18-26)36-34(38)30-20-28(30)24-11-7-4-8-12-24/h3-18,27-30H,19-20H2,1-2H3,(H,35,37)(H,36,38)/t27-,28-,29-,30+/m1/s1. The van der Waals surface area contributed by atoms with Gasteiger partial charge in [0.2, 0.25) is 11.8 Å². The molecule has 0 unspecified atom stereocenters. The molecule has 2 amide bonds. The SMILES string of the molecule is Cc1cc(-c2ccc(NC(=O)[C@@H]3C[C@@H]3c3ccccc3)c(C)c2)ccc1NC(=O)[C@H]1C[C@@H]1c1ccccc1. The zero-order valence-corrected chi connectivity index (χ0v) is 21.8. The zero-order valence-electron chi connectivity index (χ0n) is 21.8. The van der Waals surface area contributed by atoms with E-state index in [0.717, 1.165) is 46.5 Å². The van der Waals surface area contributed by atoms with Crippen molar-refractivity contribution in [2.45, 2.75) is 38.5 Å². The van der Waals surface area contributed by atoms with Crippen LogP contribution in [-0.2, 0) is 9.59 Å². The molecule has 6 rings (SSSR count). The van der Waals surface area contributed by atoms with E-state index in [4.69, 9.17) is 0 Å². The van der Waals surface area contributed by atoms with Crippen molar-refractivity contribution in [3.8, 4) is 11.1 Å². The lowest BCUT2D eigenvalue weighted by Crippen LogP contribution is -2.15. The van der Waals surface area contributed by atoms with E-state index in [1.165, 1.54) is 11.1 Å². The summed E-state index contributed by atoms with van der Waals surface area (Å²) in [7, 11) is 0. The number of rotatable bonds is 7. The molecule has 4 atom stereocenters. The highest BCUT2D eigenvalue weighted by Gasteiger charge is 2.44. The smallest absolute Gasteiger partial charge is 0.228 e. The highest BCUT2D eigenvalue weighted by Crippen LogP contribution is 2.49. The average molecular weight is 501 g/mol. The molecule has 38 heavy (non-hydrogen) atoms. The van der Waals surface area contributed by atoms with Gasteiger partial charge in [-0.1, -0.05) is 72.8 Å². The van der Waals surface area contributed by atoms with Crippen molar-refractivity contribution in [3.05, 3.63) is 119 Å². The van der Waals surface area contributed by atoms with E-state index in [9.17, 15) is 9.59 Å². The highest BCUT2D eigenvalue weighted by molar-refractivity contribution is 5.97. The fourth-order valence-electron chi connectivity index (χ4n) is 5.52. The summed E-state index contributed by atoms with van der Waals surface area (Å²) in [6, 6.07) is 32.8. The number of carbonyl (C=O) groups excluding carboxylic acids is 2. The third-order valence-corrected chi connectivity index (χ3v) is 8.01. The van der Waals surface area contributed by atoms with Crippen LogP contribution in [0.5, 0.6) is 0 Å². The van der Waals surface area contributed by atoms with Gasteiger partial charge in [0.05, 0.1) is 0 Å². The first-order valence-electron chi connectivity index (χ1n) is 13.4. The summed E-state index contributed by atoms with van der Waals surface area (Å²) in [5.41, 5.74) is 8.42. The minimum Gasteiger partial charge on any atom is -0.326 e. The first kappa shape index (κ1) is 24.2. The van der Waals surface area contributed by atoms with E-state index in [-0.39, 0.29) is 23.7 Å². The second kappa shape index (κ2) is 9.94. The number of anilines is 2. The first-order valence-corrected chi connectivity index (χ1v) is 13.4. The van der Waals surface area contributed by atoms with Gasteiger partial charge in [0.15, 0.2) is 0 Å². The average Bonchev–Trinajstić information content (AvgIpc) is 3.86. The molecule has 2 saturated carbocycles. The normalized spacial score (nSPS) is 21.4. The Hall–Kier alpha value is -4.18. The Bertz CT molecular complexity index is 1380. The lowest BCUT2D eigenvalue weighted by atomic mass is 9.99. The van der Waals surface area contributed by atoms with Crippen molar-refractivity contribution in [2.75, 3.05) is 10.6 Å². The maximum Gasteiger partial charge on any atom is 0.228 e. The number of hydrogen-bond acceptors (Lipinski definition) is 2. The van der Waals surface area contributed by atoms with Crippen LogP contribution < -0.4 is 10.6 Å². The molecule has 0 aromatic heterocycles. The molecule has 0 aliphatic heterocycles. The largest absolute Gasteiger partial charge is 0.326 e. The second-order valence-corrected chi connectivity index (χ2v) is 10.8. The molecule has 0 bridgehead atoms. The number of nitrogens with one attached hydrogen (secondary N) is 2. The topological polar surface area (TPSA) is 58.2 Å². The number of carbonyl (C=O) groups is 2. The Morgan fingerprint density at radius 2 is 0.974 bits per heavy atom. The van der Waals surface area contributed by atoms with Gasteiger partial charge < -0.3 is 10.6 Å². The van der Waals surface area contributed by atoms with Crippen molar-refractivity contribution in [2.24, 2.45) is 11.8 Å². The van der Waals surface area contributed by atoms with Gasteiger partial charge in [0, 0.05) is 23.2 Å². The Morgan fingerprint density at radius 1 is 0.579 bits per heavy atom. The van der Waals surface area contributed by atoms with Crippen LogP contribution in [0.3, 0.4) is 0 Å². The molecule has 0 spiro atoms. The minimum absolute atomic E-state index is 0.0421. The quantitative estimate of drug-likeness (QED) is 0.277. The zero-order chi connectivity index (χ0) is 26.2. The fourth-order valence-corrected chi connectivity index (χ4v) is 5.52. The Morgan fingerprint density at radius 3 is 1.34 bits per heavy atom. The molecule has 190 valence electrons. The number of amides is 2. The lowest BCUT2D eigenvalue weighted by Gasteiger charge is -2.13. The number of hydrogen-bond donors (Lipinski definition) is 2. The highest BCUT2D eigenvalue weighted by atomic mass is 16.2. The van der Waals surface area contributed by atoms with Crippen molar-refractivity contribution >= 4 is 23.2 Å². The molecule has 4 heteroatoms. The second-order valence-electron chi connectivity index (χ2n) is 10.8.